The van der Waals surface area contributed by atoms with Crippen LogP contribution in [0.5, 0.6) is 5.75 Å². The van der Waals surface area contributed by atoms with E-state index in [0.29, 0.717) is 18.1 Å². The van der Waals surface area contributed by atoms with Crippen LogP contribution in [-0.2, 0) is 5.67 Å². The third-order valence-electron chi connectivity index (χ3n) is 3.17. The molecule has 3 heteroatoms. The molecule has 0 bridgehead atoms. The molecule has 0 aromatic heterocycles. The molecule has 1 unspecified atom stereocenters. The summed E-state index contributed by atoms with van der Waals surface area (Å²) in [6.45, 7) is 2.00. The third-order valence-corrected chi connectivity index (χ3v) is 3.17. The van der Waals surface area contributed by atoms with Gasteiger partial charge in [0, 0.05) is 6.54 Å². The molecule has 1 fully saturated rings. The van der Waals surface area contributed by atoms with Gasteiger partial charge in [-0.05, 0) is 37.0 Å². The van der Waals surface area contributed by atoms with Crippen molar-refractivity contribution in [2.75, 3.05) is 6.54 Å². The molecule has 0 heterocycles. The van der Waals surface area contributed by atoms with Gasteiger partial charge in [0.2, 0.25) is 0 Å². The van der Waals surface area contributed by atoms with Crippen molar-refractivity contribution in [1.82, 2.24) is 0 Å². The Balaban J connectivity index is 2.09. The van der Waals surface area contributed by atoms with E-state index in [1.165, 1.54) is 0 Å². The molecule has 1 aliphatic carbocycles. The fourth-order valence-corrected chi connectivity index (χ4v) is 1.97. The Morgan fingerprint density at radius 2 is 2.00 bits per heavy atom. The van der Waals surface area contributed by atoms with E-state index < -0.39 is 5.67 Å². The van der Waals surface area contributed by atoms with Gasteiger partial charge in [0.15, 0.2) is 0 Å². The number of halogens is 1. The molecule has 2 rings (SSSR count). The van der Waals surface area contributed by atoms with Gasteiger partial charge in [-0.2, -0.15) is 0 Å². The highest BCUT2D eigenvalue weighted by molar-refractivity contribution is 5.31. The molecule has 2 N–H and O–H groups in total. The second kappa shape index (κ2) is 5.05. The Hall–Kier alpha value is -1.09. The van der Waals surface area contributed by atoms with Gasteiger partial charge >= 0.3 is 0 Å². The summed E-state index contributed by atoms with van der Waals surface area (Å²) < 4.78 is 20.1. The molecule has 0 saturated heterocycles. The fraction of sp³-hybridized carbons (Fsp3) is 0.571. The monoisotopic (exact) mass is 237 g/mol. The van der Waals surface area contributed by atoms with Gasteiger partial charge in [0.25, 0.3) is 0 Å². The van der Waals surface area contributed by atoms with Crippen molar-refractivity contribution < 1.29 is 9.13 Å². The van der Waals surface area contributed by atoms with Crippen molar-refractivity contribution in [2.45, 2.75) is 44.4 Å². The molecule has 1 atom stereocenters. The number of nitrogens with two attached hydrogens (primary N) is 1. The molecule has 94 valence electrons. The highest BCUT2D eigenvalue weighted by Gasteiger charge is 2.29. The first-order chi connectivity index (χ1) is 8.18. The van der Waals surface area contributed by atoms with E-state index in [0.717, 1.165) is 25.0 Å². The molecular formula is C14H20FNO. The number of benzene rings is 1. The van der Waals surface area contributed by atoms with Crippen LogP contribution >= 0.6 is 0 Å². The second-order valence-electron chi connectivity index (χ2n) is 4.76. The topological polar surface area (TPSA) is 35.2 Å². The van der Waals surface area contributed by atoms with Crippen LogP contribution in [0.25, 0.3) is 0 Å². The Bertz CT molecular complexity index is 361. The highest BCUT2D eigenvalue weighted by atomic mass is 19.1. The minimum atomic E-state index is -1.40. The SMILES string of the molecule is CCCC(F)(CN)c1ccc(OC2CC2)cc1. The quantitative estimate of drug-likeness (QED) is 0.825. The maximum atomic E-state index is 14.5. The standard InChI is InChI=1S/C14H20FNO/c1-2-9-14(15,10-16)11-3-5-12(6-4-11)17-13-7-8-13/h3-6,13H,2,7-10,16H2,1H3. The fourth-order valence-electron chi connectivity index (χ4n) is 1.97. The van der Waals surface area contributed by atoms with Gasteiger partial charge in [-0.25, -0.2) is 4.39 Å². The molecule has 1 aliphatic rings. The number of hydrogen-bond acceptors (Lipinski definition) is 2. The van der Waals surface area contributed by atoms with Crippen LogP contribution < -0.4 is 10.5 Å². The number of rotatable bonds is 6. The van der Waals surface area contributed by atoms with E-state index in [1.807, 2.05) is 19.1 Å². The van der Waals surface area contributed by atoms with E-state index in [9.17, 15) is 4.39 Å². The summed E-state index contributed by atoms with van der Waals surface area (Å²) in [4.78, 5) is 0. The Morgan fingerprint density at radius 3 is 2.47 bits per heavy atom. The van der Waals surface area contributed by atoms with Crippen LogP contribution in [0.15, 0.2) is 24.3 Å². The minimum Gasteiger partial charge on any atom is -0.490 e. The highest BCUT2D eigenvalue weighted by Crippen LogP contribution is 2.32. The van der Waals surface area contributed by atoms with Crippen LogP contribution in [-0.4, -0.2) is 12.6 Å². The van der Waals surface area contributed by atoms with Crippen LogP contribution in [0, 0.1) is 0 Å². The number of alkyl halides is 1. The van der Waals surface area contributed by atoms with E-state index in [2.05, 4.69) is 0 Å². The molecule has 0 aliphatic heterocycles. The molecule has 0 spiro atoms. The summed E-state index contributed by atoms with van der Waals surface area (Å²) in [5, 5.41) is 0. The van der Waals surface area contributed by atoms with Gasteiger partial charge in [-0.3, -0.25) is 0 Å². The lowest BCUT2D eigenvalue weighted by molar-refractivity contribution is 0.159. The van der Waals surface area contributed by atoms with Crippen molar-refractivity contribution in [3.63, 3.8) is 0 Å². The first-order valence-electron chi connectivity index (χ1n) is 6.34. The van der Waals surface area contributed by atoms with Gasteiger partial charge in [0.05, 0.1) is 6.10 Å². The molecule has 1 saturated carbocycles. The molecule has 17 heavy (non-hydrogen) atoms. The van der Waals surface area contributed by atoms with E-state index in [-0.39, 0.29) is 6.54 Å². The van der Waals surface area contributed by atoms with Crippen LogP contribution in [0.4, 0.5) is 4.39 Å². The maximum absolute atomic E-state index is 14.5. The average molecular weight is 237 g/mol. The third kappa shape index (κ3) is 2.97. The van der Waals surface area contributed by atoms with E-state index in [1.54, 1.807) is 12.1 Å². The van der Waals surface area contributed by atoms with Gasteiger partial charge < -0.3 is 10.5 Å². The van der Waals surface area contributed by atoms with E-state index >= 15 is 0 Å². The van der Waals surface area contributed by atoms with Crippen molar-refractivity contribution in [3.05, 3.63) is 29.8 Å². The van der Waals surface area contributed by atoms with Crippen molar-refractivity contribution in [2.24, 2.45) is 5.73 Å². The first kappa shape index (κ1) is 12.4. The average Bonchev–Trinajstić information content (AvgIpc) is 3.14. The molecule has 2 nitrogen and oxygen atoms in total. The smallest absolute Gasteiger partial charge is 0.148 e. The first-order valence-corrected chi connectivity index (χ1v) is 6.34. The Morgan fingerprint density at radius 1 is 1.35 bits per heavy atom. The van der Waals surface area contributed by atoms with Crippen LogP contribution in [0.2, 0.25) is 0 Å². The molecule has 0 amide bonds. The van der Waals surface area contributed by atoms with Crippen LogP contribution in [0.1, 0.15) is 38.2 Å². The zero-order chi connectivity index (χ0) is 12.3. The summed E-state index contributed by atoms with van der Waals surface area (Å²) in [5.74, 6) is 0.826. The Labute approximate surface area is 102 Å². The summed E-state index contributed by atoms with van der Waals surface area (Å²) in [6, 6.07) is 7.26. The van der Waals surface area contributed by atoms with Crippen molar-refractivity contribution in [3.8, 4) is 5.75 Å². The number of hydrogen-bond donors (Lipinski definition) is 1. The predicted octanol–water partition coefficient (Wildman–Crippen LogP) is 3.15. The molecule has 0 radical (unpaired) electrons. The lowest BCUT2D eigenvalue weighted by atomic mass is 9.91. The van der Waals surface area contributed by atoms with Gasteiger partial charge in [0.1, 0.15) is 11.4 Å². The number of ether oxygens (including phenoxy) is 1. The molecule has 1 aromatic rings. The largest absolute Gasteiger partial charge is 0.490 e. The summed E-state index contributed by atoms with van der Waals surface area (Å²) in [6.07, 6.45) is 3.89. The molecule has 1 aromatic carbocycles. The van der Waals surface area contributed by atoms with Gasteiger partial charge in [-0.1, -0.05) is 25.5 Å². The lowest BCUT2D eigenvalue weighted by Gasteiger charge is -2.23. The zero-order valence-corrected chi connectivity index (χ0v) is 10.3. The second-order valence-corrected chi connectivity index (χ2v) is 4.76. The molecular weight excluding hydrogens is 217 g/mol. The van der Waals surface area contributed by atoms with E-state index in [4.69, 9.17) is 10.5 Å². The normalized spacial score (nSPS) is 18.8. The summed E-state index contributed by atoms with van der Waals surface area (Å²) in [5.41, 5.74) is 4.81. The van der Waals surface area contributed by atoms with Crippen molar-refractivity contribution >= 4 is 0 Å². The minimum absolute atomic E-state index is 0.0314. The Kier molecular flexibility index (Phi) is 3.67. The summed E-state index contributed by atoms with van der Waals surface area (Å²) >= 11 is 0. The van der Waals surface area contributed by atoms with Crippen molar-refractivity contribution in [1.29, 1.82) is 0 Å². The zero-order valence-electron chi connectivity index (χ0n) is 10.3. The van der Waals surface area contributed by atoms with Gasteiger partial charge in [-0.15, -0.1) is 0 Å². The maximum Gasteiger partial charge on any atom is 0.148 e. The lowest BCUT2D eigenvalue weighted by Crippen LogP contribution is -2.30. The summed E-state index contributed by atoms with van der Waals surface area (Å²) in [7, 11) is 0. The predicted molar refractivity (Wildman–Crippen MR) is 66.8 cm³/mol. The van der Waals surface area contributed by atoms with Crippen LogP contribution in [0.3, 0.4) is 0 Å².